The molecule has 2 aromatic carbocycles. The first kappa shape index (κ1) is 23.9. The molecule has 0 aliphatic carbocycles. The van der Waals surface area contributed by atoms with Crippen molar-refractivity contribution in [1.29, 1.82) is 0 Å². The topological polar surface area (TPSA) is 58.0 Å². The van der Waals surface area contributed by atoms with Crippen LogP contribution in [0.25, 0.3) is 10.9 Å². The summed E-state index contributed by atoms with van der Waals surface area (Å²) in [5, 5.41) is 15.0. The van der Waals surface area contributed by atoms with Crippen molar-refractivity contribution >= 4 is 16.9 Å². The molecule has 0 saturated carbocycles. The van der Waals surface area contributed by atoms with Gasteiger partial charge in [0.25, 0.3) is 0 Å². The molecule has 4 nitrogen and oxygen atoms in total. The number of aryl methyl sites for hydroxylation is 1. The minimum Gasteiger partial charge on any atom is -0.544 e. The Balaban J connectivity index is 0.00000300. The van der Waals surface area contributed by atoms with Crippen LogP contribution in [0.4, 0.5) is 26.3 Å². The van der Waals surface area contributed by atoms with Gasteiger partial charge in [0.2, 0.25) is 0 Å². The van der Waals surface area contributed by atoms with Gasteiger partial charge in [-0.1, -0.05) is 18.2 Å². The van der Waals surface area contributed by atoms with Gasteiger partial charge in [-0.3, -0.25) is 4.68 Å². The fourth-order valence-corrected chi connectivity index (χ4v) is 2.91. The van der Waals surface area contributed by atoms with Crippen molar-refractivity contribution in [2.75, 3.05) is 0 Å². The SMILES string of the molecule is Cc1nn(Cc2c(F)cccc2C(F)(F)F)c2cc(C(F)(F)C(=O)[O-])ccc12.[K+]. The van der Waals surface area contributed by atoms with Crippen LogP contribution in [0.5, 0.6) is 0 Å². The number of nitrogens with zero attached hydrogens (tertiary/aromatic N) is 2. The van der Waals surface area contributed by atoms with E-state index >= 15 is 0 Å². The van der Waals surface area contributed by atoms with Crippen LogP contribution in [0.1, 0.15) is 22.4 Å². The summed E-state index contributed by atoms with van der Waals surface area (Å²) >= 11 is 0. The number of alkyl halides is 5. The zero-order valence-corrected chi connectivity index (χ0v) is 18.3. The second-order valence-electron chi connectivity index (χ2n) is 6.10. The van der Waals surface area contributed by atoms with E-state index in [0.29, 0.717) is 17.1 Å². The molecule has 0 aliphatic rings. The van der Waals surface area contributed by atoms with Crippen LogP contribution in [0.2, 0.25) is 0 Å². The van der Waals surface area contributed by atoms with Gasteiger partial charge < -0.3 is 9.90 Å². The average molecular weight is 440 g/mol. The normalized spacial score (nSPS) is 12.1. The summed E-state index contributed by atoms with van der Waals surface area (Å²) in [7, 11) is 0. The molecule has 3 aromatic rings. The van der Waals surface area contributed by atoms with E-state index in [1.807, 2.05) is 0 Å². The number of fused-ring (bicyclic) bond motifs is 1. The molecule has 1 aromatic heterocycles. The van der Waals surface area contributed by atoms with E-state index in [1.165, 1.54) is 13.0 Å². The molecular formula is C18H11F6KN2O2. The van der Waals surface area contributed by atoms with E-state index in [4.69, 9.17) is 0 Å². The number of aliphatic carboxylic acids is 1. The maximum atomic E-state index is 14.1. The van der Waals surface area contributed by atoms with E-state index < -0.39 is 47.1 Å². The minimum absolute atomic E-state index is 0. The molecule has 148 valence electrons. The van der Waals surface area contributed by atoms with Gasteiger partial charge in [-0.25, -0.2) is 4.39 Å². The fourth-order valence-electron chi connectivity index (χ4n) is 2.91. The Kier molecular flexibility index (Phi) is 6.90. The summed E-state index contributed by atoms with van der Waals surface area (Å²) in [6.07, 6.45) is -4.83. The average Bonchev–Trinajstić information content (AvgIpc) is 2.91. The molecule has 29 heavy (non-hydrogen) atoms. The van der Waals surface area contributed by atoms with Gasteiger partial charge in [0.05, 0.1) is 23.3 Å². The summed E-state index contributed by atoms with van der Waals surface area (Å²) in [5.41, 5.74) is -2.62. The number of hydrogen-bond donors (Lipinski definition) is 0. The molecule has 11 heteroatoms. The van der Waals surface area contributed by atoms with Crippen molar-refractivity contribution < 1.29 is 87.6 Å². The smallest absolute Gasteiger partial charge is 0.544 e. The second kappa shape index (κ2) is 8.38. The molecule has 0 saturated heterocycles. The molecule has 0 radical (unpaired) electrons. The Morgan fingerprint density at radius 1 is 1.14 bits per heavy atom. The number of aromatic nitrogens is 2. The van der Waals surface area contributed by atoms with Crippen LogP contribution in [0, 0.1) is 12.7 Å². The van der Waals surface area contributed by atoms with Crippen molar-refractivity contribution in [3.8, 4) is 0 Å². The molecule has 0 bridgehead atoms. The molecule has 0 amide bonds. The maximum absolute atomic E-state index is 14.1. The number of halogens is 6. The number of carbonyl (C=O) groups excluding carboxylic acids is 1. The third kappa shape index (κ3) is 4.53. The summed E-state index contributed by atoms with van der Waals surface area (Å²) < 4.78 is 82.1. The third-order valence-corrected chi connectivity index (χ3v) is 4.29. The first-order valence-corrected chi connectivity index (χ1v) is 7.84. The van der Waals surface area contributed by atoms with Crippen molar-refractivity contribution in [2.24, 2.45) is 0 Å². The Labute approximate surface area is 202 Å². The van der Waals surface area contributed by atoms with E-state index in [1.54, 1.807) is 0 Å². The van der Waals surface area contributed by atoms with E-state index in [9.17, 15) is 36.2 Å². The zero-order valence-electron chi connectivity index (χ0n) is 15.1. The number of carboxylic acids is 1. The van der Waals surface area contributed by atoms with Crippen molar-refractivity contribution in [3.05, 3.63) is 64.6 Å². The third-order valence-electron chi connectivity index (χ3n) is 4.29. The Bertz CT molecular complexity index is 1080. The molecule has 0 unspecified atom stereocenters. The molecule has 0 atom stereocenters. The quantitative estimate of drug-likeness (QED) is 0.436. The molecule has 1 heterocycles. The van der Waals surface area contributed by atoms with Crippen LogP contribution in [-0.2, 0) is 23.4 Å². The molecule has 0 fully saturated rings. The van der Waals surface area contributed by atoms with Gasteiger partial charge >= 0.3 is 63.5 Å². The summed E-state index contributed by atoms with van der Waals surface area (Å²) in [4.78, 5) is 10.7. The summed E-state index contributed by atoms with van der Waals surface area (Å²) in [5.74, 6) is -8.07. The van der Waals surface area contributed by atoms with Gasteiger partial charge in [-0.05, 0) is 25.1 Å². The zero-order chi connectivity index (χ0) is 20.9. The van der Waals surface area contributed by atoms with E-state index in [2.05, 4.69) is 5.10 Å². The maximum Gasteiger partial charge on any atom is 1.00 e. The molecular weight excluding hydrogens is 429 g/mol. The molecule has 0 N–H and O–H groups in total. The number of carboxylic acid groups (broad SMARTS) is 1. The van der Waals surface area contributed by atoms with E-state index in [-0.39, 0.29) is 56.9 Å². The van der Waals surface area contributed by atoms with Crippen molar-refractivity contribution in [3.63, 3.8) is 0 Å². The fraction of sp³-hybridized carbons (Fsp3) is 0.222. The van der Waals surface area contributed by atoms with Crippen LogP contribution in [-0.4, -0.2) is 15.7 Å². The predicted octanol–water partition coefficient (Wildman–Crippen LogP) is 0.397. The second-order valence-corrected chi connectivity index (χ2v) is 6.10. The van der Waals surface area contributed by atoms with E-state index in [0.717, 1.165) is 28.9 Å². The van der Waals surface area contributed by atoms with Crippen LogP contribution < -0.4 is 56.5 Å². The Hall–Kier alpha value is -1.40. The minimum atomic E-state index is -4.83. The summed E-state index contributed by atoms with van der Waals surface area (Å²) in [6.45, 7) is 0.799. The van der Waals surface area contributed by atoms with Gasteiger partial charge in [0, 0.05) is 16.5 Å². The van der Waals surface area contributed by atoms with Crippen molar-refractivity contribution in [1.82, 2.24) is 9.78 Å². The number of rotatable bonds is 4. The van der Waals surface area contributed by atoms with Crippen LogP contribution in [0.3, 0.4) is 0 Å². The standard InChI is InChI=1S/C18H12F6N2O2.K/c1-9-11-6-5-10(17(20,21)16(27)28)7-15(11)26(25-9)8-12-13(18(22,23)24)3-2-4-14(12)19;/h2-7H,8H2,1H3,(H,27,28);/q;+1/p-1. The van der Waals surface area contributed by atoms with Gasteiger partial charge in [0.1, 0.15) is 11.8 Å². The summed E-state index contributed by atoms with van der Waals surface area (Å²) in [6, 6.07) is 5.28. The van der Waals surface area contributed by atoms with Crippen LogP contribution in [0.15, 0.2) is 36.4 Å². The molecule has 3 rings (SSSR count). The monoisotopic (exact) mass is 440 g/mol. The number of benzene rings is 2. The van der Waals surface area contributed by atoms with Crippen molar-refractivity contribution in [2.45, 2.75) is 25.6 Å². The van der Waals surface area contributed by atoms with Gasteiger partial charge in [0.15, 0.2) is 0 Å². The molecule has 0 spiro atoms. The number of carbonyl (C=O) groups is 1. The molecule has 0 aliphatic heterocycles. The number of hydrogen-bond acceptors (Lipinski definition) is 3. The first-order chi connectivity index (χ1) is 12.9. The van der Waals surface area contributed by atoms with Crippen LogP contribution >= 0.6 is 0 Å². The largest absolute Gasteiger partial charge is 1.00 e. The first-order valence-electron chi connectivity index (χ1n) is 7.84. The van der Waals surface area contributed by atoms with Gasteiger partial charge in [-0.15, -0.1) is 0 Å². The predicted molar refractivity (Wildman–Crippen MR) is 83.9 cm³/mol. The Morgan fingerprint density at radius 3 is 2.38 bits per heavy atom. The Morgan fingerprint density at radius 2 is 1.79 bits per heavy atom. The van der Waals surface area contributed by atoms with Gasteiger partial charge in [-0.2, -0.15) is 27.1 Å².